The third kappa shape index (κ3) is 4.30. The number of likely N-dealkylation sites (N-methyl/N-ethyl adjacent to an activating group) is 1. The molecule has 1 aliphatic heterocycles. The molecule has 1 saturated heterocycles. The van der Waals surface area contributed by atoms with E-state index in [0.29, 0.717) is 6.54 Å². The van der Waals surface area contributed by atoms with Gasteiger partial charge in [0.1, 0.15) is 6.04 Å². The van der Waals surface area contributed by atoms with Crippen LogP contribution in [0.2, 0.25) is 0 Å². The summed E-state index contributed by atoms with van der Waals surface area (Å²) in [6, 6.07) is 8.21. The van der Waals surface area contributed by atoms with Crippen molar-refractivity contribution < 1.29 is 14.4 Å². The van der Waals surface area contributed by atoms with E-state index in [4.69, 9.17) is 0 Å². The van der Waals surface area contributed by atoms with Crippen molar-refractivity contribution in [2.45, 2.75) is 32.0 Å². The average Bonchev–Trinajstić information content (AvgIpc) is 2.80. The summed E-state index contributed by atoms with van der Waals surface area (Å²) >= 11 is 0. The van der Waals surface area contributed by atoms with Crippen molar-refractivity contribution in [3.05, 3.63) is 35.9 Å². The van der Waals surface area contributed by atoms with Crippen LogP contribution in [-0.2, 0) is 20.9 Å². The minimum Gasteiger partial charge on any atom is -0.350 e. The highest BCUT2D eigenvalue weighted by Crippen LogP contribution is 2.19. The van der Waals surface area contributed by atoms with Crippen LogP contribution >= 0.6 is 12.4 Å². The number of hydrogen-bond donors (Lipinski definition) is 1. The fourth-order valence-electron chi connectivity index (χ4n) is 2.49. The van der Waals surface area contributed by atoms with Crippen LogP contribution < -0.4 is 5.32 Å². The summed E-state index contributed by atoms with van der Waals surface area (Å²) in [4.78, 5) is 39.3. The van der Waals surface area contributed by atoms with E-state index in [-0.39, 0.29) is 36.5 Å². The number of imide groups is 1. The normalized spacial score (nSPS) is 18.8. The monoisotopic (exact) mass is 339 g/mol. The quantitative estimate of drug-likeness (QED) is 0.806. The highest BCUT2D eigenvalue weighted by atomic mass is 35.5. The molecule has 2 atom stereocenters. The van der Waals surface area contributed by atoms with Crippen LogP contribution in [0, 0.1) is 0 Å². The Morgan fingerprint density at radius 2 is 1.91 bits per heavy atom. The zero-order chi connectivity index (χ0) is 16.3. The van der Waals surface area contributed by atoms with Crippen LogP contribution in [-0.4, -0.2) is 53.7 Å². The SMILES string of the molecule is C[C@H](C(=O)NCc1ccccc1)N1C(=O)CC(N(C)C)C1=O.Cl. The maximum absolute atomic E-state index is 12.3. The average molecular weight is 340 g/mol. The minimum atomic E-state index is -0.798. The number of nitrogens with zero attached hydrogens (tertiary/aromatic N) is 2. The molecule has 1 heterocycles. The van der Waals surface area contributed by atoms with Crippen molar-refractivity contribution in [1.82, 2.24) is 15.1 Å². The molecule has 2 rings (SSSR count). The Morgan fingerprint density at radius 3 is 2.43 bits per heavy atom. The molecule has 0 bridgehead atoms. The third-order valence-electron chi connectivity index (χ3n) is 3.86. The van der Waals surface area contributed by atoms with Gasteiger partial charge in [0.25, 0.3) is 0 Å². The largest absolute Gasteiger partial charge is 0.350 e. The summed E-state index contributed by atoms with van der Waals surface area (Å²) in [6.07, 6.45) is 0.127. The Hall–Kier alpha value is -1.92. The van der Waals surface area contributed by atoms with Gasteiger partial charge in [-0.05, 0) is 26.6 Å². The Morgan fingerprint density at radius 1 is 1.30 bits per heavy atom. The lowest BCUT2D eigenvalue weighted by atomic mass is 10.2. The number of benzene rings is 1. The van der Waals surface area contributed by atoms with E-state index in [2.05, 4.69) is 5.32 Å². The van der Waals surface area contributed by atoms with Crippen LogP contribution in [0.25, 0.3) is 0 Å². The Balaban J connectivity index is 0.00000264. The number of likely N-dealkylation sites (tertiary alicyclic amines) is 1. The lowest BCUT2D eigenvalue weighted by molar-refractivity contribution is -0.147. The van der Waals surface area contributed by atoms with Gasteiger partial charge in [0, 0.05) is 6.54 Å². The van der Waals surface area contributed by atoms with Crippen molar-refractivity contribution in [1.29, 1.82) is 0 Å². The standard InChI is InChI=1S/C16H21N3O3.ClH/c1-11(15(21)17-10-12-7-5-4-6-8-12)19-14(20)9-13(16(19)22)18(2)3;/h4-8,11,13H,9-10H2,1-3H3,(H,17,21);1H/t11-,13?;/m1./s1. The first-order chi connectivity index (χ1) is 10.4. The zero-order valence-corrected chi connectivity index (χ0v) is 14.3. The molecule has 1 fully saturated rings. The maximum atomic E-state index is 12.3. The Bertz CT molecular complexity index is 577. The molecule has 0 saturated carbocycles. The molecule has 7 heteroatoms. The van der Waals surface area contributed by atoms with Gasteiger partial charge in [0.05, 0.1) is 12.5 Å². The van der Waals surface area contributed by atoms with E-state index in [9.17, 15) is 14.4 Å². The first kappa shape index (κ1) is 19.1. The van der Waals surface area contributed by atoms with Gasteiger partial charge in [-0.2, -0.15) is 0 Å². The number of rotatable bonds is 5. The second kappa shape index (κ2) is 8.08. The molecule has 1 unspecified atom stereocenters. The van der Waals surface area contributed by atoms with Gasteiger partial charge in [-0.3, -0.25) is 24.2 Å². The molecule has 0 spiro atoms. The highest BCUT2D eigenvalue weighted by molar-refractivity contribution is 6.08. The van der Waals surface area contributed by atoms with Gasteiger partial charge in [-0.25, -0.2) is 0 Å². The number of amides is 3. The van der Waals surface area contributed by atoms with Gasteiger partial charge in [0.15, 0.2) is 0 Å². The van der Waals surface area contributed by atoms with Gasteiger partial charge in [0.2, 0.25) is 17.7 Å². The van der Waals surface area contributed by atoms with Crippen LogP contribution in [0.15, 0.2) is 30.3 Å². The Kier molecular flexibility index (Phi) is 6.72. The number of carbonyl (C=O) groups excluding carboxylic acids is 3. The number of halogens is 1. The van der Waals surface area contributed by atoms with Crippen LogP contribution in [0.4, 0.5) is 0 Å². The van der Waals surface area contributed by atoms with E-state index in [1.165, 1.54) is 0 Å². The minimum absolute atomic E-state index is 0. The molecule has 3 amide bonds. The highest BCUT2D eigenvalue weighted by Gasteiger charge is 2.43. The fraction of sp³-hybridized carbons (Fsp3) is 0.438. The van der Waals surface area contributed by atoms with Crippen molar-refractivity contribution in [2.24, 2.45) is 0 Å². The van der Waals surface area contributed by atoms with Crippen molar-refractivity contribution in [3.63, 3.8) is 0 Å². The van der Waals surface area contributed by atoms with Crippen molar-refractivity contribution >= 4 is 30.1 Å². The predicted molar refractivity (Wildman–Crippen MR) is 88.9 cm³/mol. The lowest BCUT2D eigenvalue weighted by Gasteiger charge is -2.23. The lowest BCUT2D eigenvalue weighted by Crippen LogP contribution is -2.49. The van der Waals surface area contributed by atoms with Gasteiger partial charge < -0.3 is 5.32 Å². The number of carbonyl (C=O) groups is 3. The molecule has 1 aliphatic rings. The summed E-state index contributed by atoms with van der Waals surface area (Å²) in [5.74, 6) is -0.937. The molecular formula is C16H22ClN3O3. The first-order valence-electron chi connectivity index (χ1n) is 7.25. The number of nitrogens with one attached hydrogen (secondary N) is 1. The molecule has 1 N–H and O–H groups in total. The van der Waals surface area contributed by atoms with Crippen molar-refractivity contribution in [2.75, 3.05) is 14.1 Å². The molecule has 126 valence electrons. The third-order valence-corrected chi connectivity index (χ3v) is 3.86. The summed E-state index contributed by atoms with van der Waals surface area (Å²) in [7, 11) is 3.50. The van der Waals surface area contributed by atoms with E-state index in [1.807, 2.05) is 30.3 Å². The van der Waals surface area contributed by atoms with Gasteiger partial charge >= 0.3 is 0 Å². The van der Waals surface area contributed by atoms with Gasteiger partial charge in [-0.1, -0.05) is 30.3 Å². The summed E-state index contributed by atoms with van der Waals surface area (Å²) in [5.41, 5.74) is 0.966. The smallest absolute Gasteiger partial charge is 0.247 e. The second-order valence-corrected chi connectivity index (χ2v) is 5.66. The van der Waals surface area contributed by atoms with Crippen LogP contribution in [0.1, 0.15) is 18.9 Å². The summed E-state index contributed by atoms with van der Waals surface area (Å²) < 4.78 is 0. The van der Waals surface area contributed by atoms with E-state index >= 15 is 0 Å². The van der Waals surface area contributed by atoms with Crippen LogP contribution in [0.5, 0.6) is 0 Å². The fourth-order valence-corrected chi connectivity index (χ4v) is 2.49. The van der Waals surface area contributed by atoms with Crippen molar-refractivity contribution in [3.8, 4) is 0 Å². The molecule has 0 aliphatic carbocycles. The van der Waals surface area contributed by atoms with Gasteiger partial charge in [-0.15, -0.1) is 12.4 Å². The van der Waals surface area contributed by atoms with E-state index < -0.39 is 12.1 Å². The molecule has 23 heavy (non-hydrogen) atoms. The molecule has 0 aromatic heterocycles. The van der Waals surface area contributed by atoms with E-state index in [1.54, 1.807) is 25.9 Å². The molecule has 1 aromatic carbocycles. The summed E-state index contributed by atoms with van der Waals surface area (Å²) in [5, 5.41) is 2.76. The first-order valence-corrected chi connectivity index (χ1v) is 7.25. The molecule has 6 nitrogen and oxygen atoms in total. The summed E-state index contributed by atoms with van der Waals surface area (Å²) in [6.45, 7) is 1.95. The second-order valence-electron chi connectivity index (χ2n) is 5.66. The zero-order valence-electron chi connectivity index (χ0n) is 13.5. The topological polar surface area (TPSA) is 69.7 Å². The predicted octanol–water partition coefficient (Wildman–Crippen LogP) is 0.802. The Labute approximate surface area is 142 Å². The van der Waals surface area contributed by atoms with Crippen LogP contribution in [0.3, 0.4) is 0 Å². The molecule has 1 aromatic rings. The molecular weight excluding hydrogens is 318 g/mol. The maximum Gasteiger partial charge on any atom is 0.247 e. The number of hydrogen-bond acceptors (Lipinski definition) is 4. The molecule has 0 radical (unpaired) electrons. The van der Waals surface area contributed by atoms with E-state index in [0.717, 1.165) is 10.5 Å².